The Kier molecular flexibility index (Phi) is 6.81. The van der Waals surface area contributed by atoms with E-state index < -0.39 is 10.0 Å². The van der Waals surface area contributed by atoms with E-state index >= 15 is 0 Å². The molecule has 6 heteroatoms. The minimum atomic E-state index is -3.65. The largest absolute Gasteiger partial charge is 0.344 e. The normalized spacial score (nSPS) is 12.3. The molecule has 162 valence electrons. The average molecular weight is 437 g/mol. The molecule has 0 bridgehead atoms. The zero-order chi connectivity index (χ0) is 22.6. The maximum Gasteiger partial charge on any atom is 0.241 e. The summed E-state index contributed by atoms with van der Waals surface area (Å²) in [5.74, 6) is -0.373. The van der Waals surface area contributed by atoms with Crippen molar-refractivity contribution in [3.05, 3.63) is 101 Å². The maximum atomic E-state index is 13.1. The van der Waals surface area contributed by atoms with Crippen LogP contribution in [0.1, 0.15) is 33.9 Å². The van der Waals surface area contributed by atoms with E-state index in [1.54, 1.807) is 6.07 Å². The van der Waals surface area contributed by atoms with Gasteiger partial charge < -0.3 is 5.32 Å². The van der Waals surface area contributed by atoms with Crippen molar-refractivity contribution in [3.8, 4) is 0 Å². The third-order valence-corrected chi connectivity index (χ3v) is 6.37. The van der Waals surface area contributed by atoms with Gasteiger partial charge in [-0.3, -0.25) is 9.10 Å². The Morgan fingerprint density at radius 1 is 0.903 bits per heavy atom. The zero-order valence-electron chi connectivity index (χ0n) is 18.3. The number of nitrogens with one attached hydrogen (secondary N) is 1. The SMILES string of the molecule is Cc1ccc(N(CC(=O)N[C@H](c2ccccc2)c2ccccc2C)S(C)(=O)=O)c(C)c1. The number of carbonyl (C=O) groups excluding carboxylic acids is 1. The molecule has 1 N–H and O–H groups in total. The Morgan fingerprint density at radius 2 is 1.55 bits per heavy atom. The molecule has 0 aromatic heterocycles. The van der Waals surface area contributed by atoms with Crippen molar-refractivity contribution in [3.63, 3.8) is 0 Å². The fourth-order valence-electron chi connectivity index (χ4n) is 3.70. The summed E-state index contributed by atoms with van der Waals surface area (Å²) in [5, 5.41) is 3.05. The van der Waals surface area contributed by atoms with Crippen molar-refractivity contribution in [2.45, 2.75) is 26.8 Å². The van der Waals surface area contributed by atoms with Crippen molar-refractivity contribution in [1.82, 2.24) is 5.32 Å². The van der Waals surface area contributed by atoms with Crippen LogP contribution in [0.15, 0.2) is 72.8 Å². The molecule has 0 aliphatic carbocycles. The first-order valence-corrected chi connectivity index (χ1v) is 12.0. The number of benzene rings is 3. The van der Waals surface area contributed by atoms with Gasteiger partial charge in [-0.2, -0.15) is 0 Å². The molecule has 0 saturated heterocycles. The molecule has 0 fully saturated rings. The van der Waals surface area contributed by atoms with Crippen molar-refractivity contribution in [2.24, 2.45) is 0 Å². The molecule has 0 radical (unpaired) electrons. The molecule has 3 aromatic rings. The molecule has 0 spiro atoms. The molecule has 1 amide bonds. The van der Waals surface area contributed by atoms with Gasteiger partial charge in [0.2, 0.25) is 15.9 Å². The summed E-state index contributed by atoms with van der Waals surface area (Å²) >= 11 is 0. The predicted molar refractivity (Wildman–Crippen MR) is 126 cm³/mol. The molecule has 0 aliphatic heterocycles. The number of hydrogen-bond donors (Lipinski definition) is 1. The fraction of sp³-hybridized carbons (Fsp3) is 0.240. The minimum absolute atomic E-state index is 0.294. The lowest BCUT2D eigenvalue weighted by Gasteiger charge is -2.26. The van der Waals surface area contributed by atoms with E-state index in [4.69, 9.17) is 0 Å². The van der Waals surface area contributed by atoms with Gasteiger partial charge in [0.25, 0.3) is 0 Å². The van der Waals surface area contributed by atoms with Gasteiger partial charge >= 0.3 is 0 Å². The van der Waals surface area contributed by atoms with E-state index in [1.165, 1.54) is 0 Å². The second-order valence-corrected chi connectivity index (χ2v) is 9.73. The van der Waals surface area contributed by atoms with Gasteiger partial charge in [0.05, 0.1) is 18.0 Å². The second-order valence-electron chi connectivity index (χ2n) is 7.83. The van der Waals surface area contributed by atoms with Crippen molar-refractivity contribution < 1.29 is 13.2 Å². The molecule has 5 nitrogen and oxygen atoms in total. The molecule has 0 unspecified atom stereocenters. The number of aryl methyl sites for hydroxylation is 3. The van der Waals surface area contributed by atoms with E-state index in [9.17, 15) is 13.2 Å². The van der Waals surface area contributed by atoms with Gasteiger partial charge in [-0.05, 0) is 49.1 Å². The molecule has 1 atom stereocenters. The first-order chi connectivity index (χ1) is 14.7. The van der Waals surface area contributed by atoms with Crippen LogP contribution in [0, 0.1) is 20.8 Å². The summed E-state index contributed by atoms with van der Waals surface area (Å²) in [6.07, 6.45) is 1.12. The van der Waals surface area contributed by atoms with E-state index in [0.717, 1.165) is 38.4 Å². The lowest BCUT2D eigenvalue weighted by atomic mass is 9.95. The van der Waals surface area contributed by atoms with E-state index in [-0.39, 0.29) is 18.5 Å². The molecule has 3 aromatic carbocycles. The zero-order valence-corrected chi connectivity index (χ0v) is 19.1. The van der Waals surface area contributed by atoms with Gasteiger partial charge in [0.1, 0.15) is 6.54 Å². The van der Waals surface area contributed by atoms with Gasteiger partial charge in [-0.25, -0.2) is 8.42 Å². The Hall–Kier alpha value is -3.12. The maximum absolute atomic E-state index is 13.1. The first kappa shape index (κ1) is 22.6. The monoisotopic (exact) mass is 436 g/mol. The Labute approximate surface area is 184 Å². The number of sulfonamides is 1. The van der Waals surface area contributed by atoms with Crippen molar-refractivity contribution in [2.75, 3.05) is 17.1 Å². The van der Waals surface area contributed by atoms with Gasteiger partial charge in [-0.15, -0.1) is 0 Å². The van der Waals surface area contributed by atoms with Crippen LogP contribution in [0.5, 0.6) is 0 Å². The standard InChI is InChI=1S/C25H28N2O3S/c1-18-14-15-23(20(3)16-18)27(31(4,29)30)17-24(28)26-25(21-11-6-5-7-12-21)22-13-9-8-10-19(22)2/h5-16,25H,17H2,1-4H3,(H,26,28)/t25-/m1/s1. The molecule has 3 rings (SSSR count). The quantitative estimate of drug-likeness (QED) is 0.601. The Morgan fingerprint density at radius 3 is 2.16 bits per heavy atom. The van der Waals surface area contributed by atoms with E-state index in [1.807, 2.05) is 87.5 Å². The molecule has 31 heavy (non-hydrogen) atoms. The molecule has 0 heterocycles. The summed E-state index contributed by atoms with van der Waals surface area (Å²) in [4.78, 5) is 13.1. The van der Waals surface area contributed by atoms with Crippen molar-refractivity contribution in [1.29, 1.82) is 0 Å². The number of hydrogen-bond acceptors (Lipinski definition) is 3. The number of carbonyl (C=O) groups is 1. The highest BCUT2D eigenvalue weighted by molar-refractivity contribution is 7.92. The van der Waals surface area contributed by atoms with Crippen LogP contribution < -0.4 is 9.62 Å². The number of anilines is 1. The Balaban J connectivity index is 1.93. The third-order valence-electron chi connectivity index (χ3n) is 5.25. The first-order valence-electron chi connectivity index (χ1n) is 10.1. The molecular weight excluding hydrogens is 408 g/mol. The molecular formula is C25H28N2O3S. The van der Waals surface area contributed by atoms with Crippen LogP contribution in [0.3, 0.4) is 0 Å². The van der Waals surface area contributed by atoms with Gasteiger partial charge in [-0.1, -0.05) is 72.3 Å². The average Bonchev–Trinajstić information content (AvgIpc) is 2.71. The molecule has 0 saturated carbocycles. The van der Waals surface area contributed by atoms with Crippen LogP contribution in [-0.2, 0) is 14.8 Å². The summed E-state index contributed by atoms with van der Waals surface area (Å²) in [6, 6.07) is 22.7. The smallest absolute Gasteiger partial charge is 0.241 e. The van der Waals surface area contributed by atoms with E-state index in [2.05, 4.69) is 5.32 Å². The van der Waals surface area contributed by atoms with Crippen LogP contribution in [0.25, 0.3) is 0 Å². The van der Waals surface area contributed by atoms with Gasteiger partial charge in [0.15, 0.2) is 0 Å². The summed E-state index contributed by atoms with van der Waals surface area (Å²) in [5.41, 5.74) is 5.29. The summed E-state index contributed by atoms with van der Waals surface area (Å²) in [6.45, 7) is 5.49. The fourth-order valence-corrected chi connectivity index (χ4v) is 4.61. The lowest BCUT2D eigenvalue weighted by molar-refractivity contribution is -0.120. The lowest BCUT2D eigenvalue weighted by Crippen LogP contribution is -2.42. The van der Waals surface area contributed by atoms with Crippen LogP contribution in [0.4, 0.5) is 5.69 Å². The topological polar surface area (TPSA) is 66.5 Å². The van der Waals surface area contributed by atoms with Gasteiger partial charge in [0, 0.05) is 0 Å². The number of nitrogens with zero attached hydrogens (tertiary/aromatic N) is 1. The summed E-state index contributed by atoms with van der Waals surface area (Å²) < 4.78 is 26.2. The van der Waals surface area contributed by atoms with Crippen molar-refractivity contribution >= 4 is 21.6 Å². The van der Waals surface area contributed by atoms with Crippen LogP contribution >= 0.6 is 0 Å². The minimum Gasteiger partial charge on any atom is -0.344 e. The van der Waals surface area contributed by atoms with E-state index in [0.29, 0.717) is 5.69 Å². The number of rotatable bonds is 7. The van der Waals surface area contributed by atoms with Crippen LogP contribution in [-0.4, -0.2) is 27.1 Å². The Bertz CT molecular complexity index is 1170. The third kappa shape index (κ3) is 5.52. The second kappa shape index (κ2) is 9.35. The predicted octanol–water partition coefficient (Wildman–Crippen LogP) is 4.28. The summed E-state index contributed by atoms with van der Waals surface area (Å²) in [7, 11) is -3.65. The highest BCUT2D eigenvalue weighted by atomic mass is 32.2. The van der Waals surface area contributed by atoms with Crippen LogP contribution in [0.2, 0.25) is 0 Å². The highest BCUT2D eigenvalue weighted by Crippen LogP contribution is 2.26. The number of amides is 1. The highest BCUT2D eigenvalue weighted by Gasteiger charge is 2.25. The molecule has 0 aliphatic rings.